The first-order valence-electron chi connectivity index (χ1n) is 8.33. The summed E-state index contributed by atoms with van der Waals surface area (Å²) < 4.78 is 10.6. The molecule has 0 aliphatic rings. The van der Waals surface area contributed by atoms with Crippen molar-refractivity contribution in [1.82, 2.24) is 0 Å². The Morgan fingerprint density at radius 2 is 1.59 bits per heavy atom. The van der Waals surface area contributed by atoms with Gasteiger partial charge in [0.2, 0.25) is 0 Å². The maximum Gasteiger partial charge on any atom is 0.325 e. The predicted molar refractivity (Wildman–Crippen MR) is 104 cm³/mol. The van der Waals surface area contributed by atoms with Crippen LogP contribution in [0.2, 0.25) is 0 Å². The van der Waals surface area contributed by atoms with Gasteiger partial charge in [-0.05, 0) is 30.5 Å². The zero-order chi connectivity index (χ0) is 19.3. The van der Waals surface area contributed by atoms with Crippen molar-refractivity contribution in [3.63, 3.8) is 0 Å². The summed E-state index contributed by atoms with van der Waals surface area (Å²) in [7, 11) is 0. The van der Waals surface area contributed by atoms with Gasteiger partial charge in [0.05, 0.1) is 0 Å². The lowest BCUT2D eigenvalue weighted by Crippen LogP contribution is -2.25. The van der Waals surface area contributed by atoms with Crippen molar-refractivity contribution >= 4 is 46.8 Å². The van der Waals surface area contributed by atoms with Crippen LogP contribution in [0.4, 0.5) is 5.69 Å². The summed E-state index contributed by atoms with van der Waals surface area (Å²) in [6, 6.07) is 7.63. The van der Waals surface area contributed by atoms with Crippen molar-refractivity contribution in [2.45, 2.75) is 39.7 Å². The third-order valence-electron chi connectivity index (χ3n) is 3.71. The number of carbonyl (C=O) groups excluding carboxylic acids is 2. The monoisotopic (exact) mass is 395 g/mol. The summed E-state index contributed by atoms with van der Waals surface area (Å²) in [5.74, 6) is -1.65. The van der Waals surface area contributed by atoms with Crippen LogP contribution in [0.3, 0.4) is 0 Å². The van der Waals surface area contributed by atoms with Crippen LogP contribution in [0, 0.1) is 0 Å². The number of hydrogen-bond donors (Lipinski definition) is 2. The minimum Gasteiger partial charge on any atom is -0.480 e. The van der Waals surface area contributed by atoms with Gasteiger partial charge in [-0.15, -0.1) is 12.4 Å². The fraction of sp³-hybridized carbons (Fsp3) is 0.316. The second-order valence-corrected chi connectivity index (χ2v) is 5.69. The van der Waals surface area contributed by atoms with Gasteiger partial charge in [-0.3, -0.25) is 14.4 Å². The van der Waals surface area contributed by atoms with Gasteiger partial charge < -0.3 is 19.9 Å². The van der Waals surface area contributed by atoms with Gasteiger partial charge >= 0.3 is 17.9 Å². The molecular formula is C19H22ClNO6. The standard InChI is InChI=1S/C19H21NO6.ClH/c1-4-17(21)25-15-9-12-7-6-8-14(20-11(3)19(23)24)13(12)10-16(15)26-18(22)5-2;/h6-11,20H,4-5H2,1-3H3,(H,23,24);1H/t11-;/m0./s1. The number of carboxylic acid groups (broad SMARTS) is 1. The Labute approximate surface area is 163 Å². The molecular weight excluding hydrogens is 374 g/mol. The van der Waals surface area contributed by atoms with Crippen molar-refractivity contribution in [3.05, 3.63) is 30.3 Å². The van der Waals surface area contributed by atoms with Crippen molar-refractivity contribution < 1.29 is 29.0 Å². The lowest BCUT2D eigenvalue weighted by Gasteiger charge is -2.16. The van der Waals surface area contributed by atoms with Crippen molar-refractivity contribution in [2.24, 2.45) is 0 Å². The van der Waals surface area contributed by atoms with E-state index in [1.54, 1.807) is 44.2 Å². The molecule has 0 aliphatic carbocycles. The number of anilines is 1. The summed E-state index contributed by atoms with van der Waals surface area (Å²) in [5.41, 5.74) is 0.569. The summed E-state index contributed by atoms with van der Waals surface area (Å²) in [5, 5.41) is 13.4. The quantitative estimate of drug-likeness (QED) is 0.543. The molecule has 0 saturated carbocycles. The average molecular weight is 396 g/mol. The Balaban J connectivity index is 0.00000364. The average Bonchev–Trinajstić information content (AvgIpc) is 2.62. The molecule has 0 heterocycles. The smallest absolute Gasteiger partial charge is 0.325 e. The number of benzene rings is 2. The Morgan fingerprint density at radius 3 is 2.11 bits per heavy atom. The Hall–Kier alpha value is -2.80. The van der Waals surface area contributed by atoms with E-state index in [2.05, 4.69) is 5.32 Å². The largest absolute Gasteiger partial charge is 0.480 e. The second kappa shape index (κ2) is 9.78. The minimum absolute atomic E-state index is 0. The van der Waals surface area contributed by atoms with Crippen molar-refractivity contribution in [1.29, 1.82) is 0 Å². The second-order valence-electron chi connectivity index (χ2n) is 5.69. The van der Waals surface area contributed by atoms with E-state index in [0.717, 1.165) is 0 Å². The topological polar surface area (TPSA) is 102 Å². The highest BCUT2D eigenvalue weighted by Gasteiger charge is 2.17. The lowest BCUT2D eigenvalue weighted by atomic mass is 10.1. The molecule has 146 valence electrons. The molecule has 0 radical (unpaired) electrons. The van der Waals surface area contributed by atoms with Gasteiger partial charge in [0.15, 0.2) is 11.5 Å². The fourth-order valence-corrected chi connectivity index (χ4v) is 2.25. The first-order chi connectivity index (χ1) is 12.3. The molecule has 0 spiro atoms. The lowest BCUT2D eigenvalue weighted by molar-refractivity contribution is -0.137. The highest BCUT2D eigenvalue weighted by atomic mass is 35.5. The van der Waals surface area contributed by atoms with Crippen molar-refractivity contribution in [2.75, 3.05) is 5.32 Å². The number of carboxylic acids is 1. The van der Waals surface area contributed by atoms with Crippen LogP contribution >= 0.6 is 12.4 Å². The van der Waals surface area contributed by atoms with Crippen LogP contribution in [0.25, 0.3) is 10.8 Å². The summed E-state index contributed by atoms with van der Waals surface area (Å²) in [4.78, 5) is 34.5. The predicted octanol–water partition coefficient (Wildman–Crippen LogP) is 3.78. The summed E-state index contributed by atoms with van der Waals surface area (Å²) in [6.07, 6.45) is 0.339. The third-order valence-corrected chi connectivity index (χ3v) is 3.71. The van der Waals surface area contributed by atoms with Crippen LogP contribution in [-0.4, -0.2) is 29.1 Å². The van der Waals surface area contributed by atoms with Crippen LogP contribution in [-0.2, 0) is 14.4 Å². The molecule has 0 saturated heterocycles. The molecule has 0 aliphatic heterocycles. The number of nitrogens with one attached hydrogen (secondary N) is 1. The summed E-state index contributed by atoms with van der Waals surface area (Å²) in [6.45, 7) is 4.84. The first-order valence-corrected chi connectivity index (χ1v) is 8.33. The Bertz CT molecular complexity index is 851. The number of rotatable bonds is 7. The molecule has 0 unspecified atom stereocenters. The van der Waals surface area contributed by atoms with Gasteiger partial charge in [0, 0.05) is 23.9 Å². The molecule has 7 nitrogen and oxygen atoms in total. The molecule has 2 aromatic carbocycles. The third kappa shape index (κ3) is 5.59. The number of carbonyl (C=O) groups is 3. The van der Waals surface area contributed by atoms with E-state index in [1.165, 1.54) is 6.92 Å². The van der Waals surface area contributed by atoms with Gasteiger partial charge in [-0.1, -0.05) is 26.0 Å². The molecule has 0 aromatic heterocycles. The van der Waals surface area contributed by atoms with E-state index in [4.69, 9.17) is 14.6 Å². The number of esters is 2. The zero-order valence-electron chi connectivity index (χ0n) is 15.3. The Kier molecular flexibility index (Phi) is 8.05. The molecule has 2 rings (SSSR count). The number of hydrogen-bond acceptors (Lipinski definition) is 6. The van der Waals surface area contributed by atoms with Gasteiger partial charge in [-0.2, -0.15) is 0 Å². The van der Waals surface area contributed by atoms with E-state index in [1.807, 2.05) is 0 Å². The highest BCUT2D eigenvalue weighted by molar-refractivity contribution is 5.98. The molecule has 2 N–H and O–H groups in total. The molecule has 1 atom stereocenters. The van der Waals surface area contributed by atoms with Crippen molar-refractivity contribution in [3.8, 4) is 11.5 Å². The van der Waals surface area contributed by atoms with Crippen LogP contribution in [0.5, 0.6) is 11.5 Å². The van der Waals surface area contributed by atoms with Gasteiger partial charge in [-0.25, -0.2) is 0 Å². The minimum atomic E-state index is -0.992. The van der Waals surface area contributed by atoms with Gasteiger partial charge in [0.1, 0.15) is 6.04 Å². The number of ether oxygens (including phenoxy) is 2. The molecule has 27 heavy (non-hydrogen) atoms. The van der Waals surface area contributed by atoms with E-state index < -0.39 is 23.9 Å². The molecule has 0 amide bonds. The molecule has 0 fully saturated rings. The molecule has 0 bridgehead atoms. The Morgan fingerprint density at radius 1 is 1.04 bits per heavy atom. The molecule has 2 aromatic rings. The van der Waals surface area contributed by atoms with E-state index in [9.17, 15) is 14.4 Å². The summed E-state index contributed by atoms with van der Waals surface area (Å²) >= 11 is 0. The van der Waals surface area contributed by atoms with Crippen LogP contribution in [0.1, 0.15) is 33.6 Å². The fourth-order valence-electron chi connectivity index (χ4n) is 2.25. The highest BCUT2D eigenvalue weighted by Crippen LogP contribution is 2.36. The van der Waals surface area contributed by atoms with E-state index >= 15 is 0 Å². The van der Waals surface area contributed by atoms with E-state index in [-0.39, 0.29) is 36.7 Å². The van der Waals surface area contributed by atoms with Crippen LogP contribution in [0.15, 0.2) is 30.3 Å². The normalized spacial score (nSPS) is 11.2. The number of fused-ring (bicyclic) bond motifs is 1. The zero-order valence-corrected chi connectivity index (χ0v) is 16.1. The molecule has 8 heteroatoms. The maximum atomic E-state index is 11.7. The SMILES string of the molecule is CCC(=O)Oc1cc2cccc(N[C@@H](C)C(=O)O)c2cc1OC(=O)CC.Cl. The van der Waals surface area contributed by atoms with Gasteiger partial charge in [0.25, 0.3) is 0 Å². The van der Waals surface area contributed by atoms with E-state index in [0.29, 0.717) is 16.5 Å². The number of aliphatic carboxylic acids is 1. The van der Waals surface area contributed by atoms with Crippen LogP contribution < -0.4 is 14.8 Å². The first kappa shape index (κ1) is 22.2. The maximum absolute atomic E-state index is 11.7. The number of halogens is 1.